The molecule has 1 amide bonds. The molecule has 2 N–H and O–H groups in total. The summed E-state index contributed by atoms with van der Waals surface area (Å²) < 4.78 is 37.0. The smallest absolute Gasteiger partial charge is 0.490 e. The molecule has 0 aromatic heterocycles. The summed E-state index contributed by atoms with van der Waals surface area (Å²) in [6.07, 6.45) is -1.74. The summed E-state index contributed by atoms with van der Waals surface area (Å²) >= 11 is 0. The Labute approximate surface area is 244 Å². The highest BCUT2D eigenvalue weighted by atomic mass is 19.4. The van der Waals surface area contributed by atoms with Crippen molar-refractivity contribution in [1.82, 2.24) is 9.80 Å². The Hall–Kier alpha value is -3.89. The summed E-state index contributed by atoms with van der Waals surface area (Å²) in [5.41, 5.74) is 5.39. The van der Waals surface area contributed by atoms with E-state index in [1.807, 2.05) is 36.4 Å². The van der Waals surface area contributed by atoms with Gasteiger partial charge in [0.25, 0.3) is 5.91 Å². The summed E-state index contributed by atoms with van der Waals surface area (Å²) in [5, 5.41) is 10.1. The van der Waals surface area contributed by atoms with Gasteiger partial charge >= 0.3 is 12.1 Å². The van der Waals surface area contributed by atoms with Crippen LogP contribution in [0.3, 0.4) is 0 Å². The van der Waals surface area contributed by atoms with Gasteiger partial charge in [-0.05, 0) is 79.0 Å². The van der Waals surface area contributed by atoms with E-state index in [0.29, 0.717) is 5.56 Å². The first-order valence-electron chi connectivity index (χ1n) is 13.9. The first-order valence-corrected chi connectivity index (χ1v) is 13.9. The van der Waals surface area contributed by atoms with E-state index < -0.39 is 12.1 Å². The zero-order valence-corrected chi connectivity index (χ0v) is 24.0. The first-order chi connectivity index (χ1) is 20.1. The maximum Gasteiger partial charge on any atom is 0.490 e. The summed E-state index contributed by atoms with van der Waals surface area (Å²) in [6.45, 7) is 8.37. The Balaban J connectivity index is 0.000000616. The fourth-order valence-corrected chi connectivity index (χ4v) is 4.60. The molecule has 1 saturated heterocycles. The minimum Gasteiger partial charge on any atom is -0.497 e. The predicted molar refractivity (Wildman–Crippen MR) is 157 cm³/mol. The number of hydrogen-bond acceptors (Lipinski definition) is 5. The van der Waals surface area contributed by atoms with Crippen molar-refractivity contribution in [2.45, 2.75) is 45.5 Å². The van der Waals surface area contributed by atoms with Gasteiger partial charge < -0.3 is 15.2 Å². The third kappa shape index (κ3) is 10.8. The van der Waals surface area contributed by atoms with E-state index in [1.165, 1.54) is 16.7 Å². The summed E-state index contributed by atoms with van der Waals surface area (Å²) in [4.78, 5) is 26.6. The Morgan fingerprint density at radius 2 is 1.29 bits per heavy atom. The number of rotatable bonds is 9. The number of halogens is 3. The SMILES string of the molecule is CCCc1ccc(NC(=O)c2ccc(CN3CCCN(Cc4ccc(OC)cc4)CC3)cc2)cc1.O=C(O)C(F)(F)F. The molecule has 1 aliphatic rings. The summed E-state index contributed by atoms with van der Waals surface area (Å²) in [7, 11) is 1.70. The number of amides is 1. The third-order valence-electron chi connectivity index (χ3n) is 6.86. The van der Waals surface area contributed by atoms with Gasteiger partial charge in [0.1, 0.15) is 5.75 Å². The number of ether oxygens (including phenoxy) is 1. The largest absolute Gasteiger partial charge is 0.497 e. The molecule has 0 aliphatic carbocycles. The van der Waals surface area contributed by atoms with Crippen molar-refractivity contribution in [1.29, 1.82) is 0 Å². The number of carboxylic acid groups (broad SMARTS) is 1. The van der Waals surface area contributed by atoms with Crippen molar-refractivity contribution in [2.24, 2.45) is 0 Å². The highest BCUT2D eigenvalue weighted by Crippen LogP contribution is 2.17. The Morgan fingerprint density at radius 1 is 0.810 bits per heavy atom. The number of aryl methyl sites for hydroxylation is 1. The van der Waals surface area contributed by atoms with Gasteiger partial charge in [-0.25, -0.2) is 4.79 Å². The molecule has 0 spiro atoms. The van der Waals surface area contributed by atoms with Crippen LogP contribution >= 0.6 is 0 Å². The number of carbonyl (C=O) groups excluding carboxylic acids is 1. The number of benzene rings is 3. The highest BCUT2D eigenvalue weighted by Gasteiger charge is 2.38. The number of nitrogens with zero attached hydrogens (tertiary/aromatic N) is 2. The molecule has 1 heterocycles. The van der Waals surface area contributed by atoms with Crippen LogP contribution in [0.5, 0.6) is 5.75 Å². The van der Waals surface area contributed by atoms with Crippen molar-refractivity contribution in [3.05, 3.63) is 95.1 Å². The zero-order valence-electron chi connectivity index (χ0n) is 24.0. The average Bonchev–Trinajstić information content (AvgIpc) is 3.19. The molecule has 0 bridgehead atoms. The van der Waals surface area contributed by atoms with Crippen LogP contribution in [0.1, 0.15) is 46.8 Å². The van der Waals surface area contributed by atoms with Gasteiger partial charge in [0.15, 0.2) is 0 Å². The maximum absolute atomic E-state index is 12.7. The molecular weight excluding hydrogens is 547 g/mol. The second-order valence-corrected chi connectivity index (χ2v) is 10.2. The van der Waals surface area contributed by atoms with E-state index in [0.717, 1.165) is 70.0 Å². The molecule has 3 aromatic carbocycles. The number of aliphatic carboxylic acids is 1. The second kappa shape index (κ2) is 15.9. The molecule has 0 saturated carbocycles. The van der Waals surface area contributed by atoms with E-state index in [2.05, 4.69) is 58.4 Å². The maximum atomic E-state index is 12.7. The lowest BCUT2D eigenvalue weighted by atomic mass is 10.1. The van der Waals surface area contributed by atoms with Gasteiger partial charge in [0.05, 0.1) is 7.11 Å². The van der Waals surface area contributed by atoms with Crippen LogP contribution in [0.25, 0.3) is 0 Å². The molecule has 0 radical (unpaired) electrons. The third-order valence-corrected chi connectivity index (χ3v) is 6.86. The number of carbonyl (C=O) groups is 2. The number of methoxy groups -OCH3 is 1. The summed E-state index contributed by atoms with van der Waals surface area (Å²) in [6, 6.07) is 24.5. The topological polar surface area (TPSA) is 82.1 Å². The summed E-state index contributed by atoms with van der Waals surface area (Å²) in [5.74, 6) is -1.92. The van der Waals surface area contributed by atoms with Crippen LogP contribution in [0.4, 0.5) is 18.9 Å². The molecule has 0 atom stereocenters. The van der Waals surface area contributed by atoms with Crippen molar-refractivity contribution in [2.75, 3.05) is 38.6 Å². The van der Waals surface area contributed by atoms with Crippen LogP contribution in [-0.2, 0) is 24.3 Å². The van der Waals surface area contributed by atoms with Gasteiger partial charge in [-0.15, -0.1) is 0 Å². The van der Waals surface area contributed by atoms with Crippen LogP contribution in [0.15, 0.2) is 72.8 Å². The number of anilines is 1. The molecule has 3 aromatic rings. The second-order valence-electron chi connectivity index (χ2n) is 10.2. The Bertz CT molecular complexity index is 1260. The van der Waals surface area contributed by atoms with E-state index in [-0.39, 0.29) is 5.91 Å². The number of carboxylic acids is 1. The molecule has 1 aliphatic heterocycles. The molecule has 4 rings (SSSR count). The van der Waals surface area contributed by atoms with E-state index >= 15 is 0 Å². The fraction of sp³-hybridized carbons (Fsp3) is 0.375. The van der Waals surface area contributed by atoms with Crippen molar-refractivity contribution in [3.63, 3.8) is 0 Å². The molecule has 7 nitrogen and oxygen atoms in total. The average molecular weight is 586 g/mol. The lowest BCUT2D eigenvalue weighted by Gasteiger charge is -2.22. The zero-order chi connectivity index (χ0) is 30.5. The Kier molecular flexibility index (Phi) is 12.4. The minimum absolute atomic E-state index is 0.0660. The molecule has 42 heavy (non-hydrogen) atoms. The van der Waals surface area contributed by atoms with Crippen LogP contribution in [0.2, 0.25) is 0 Å². The molecule has 1 fully saturated rings. The van der Waals surface area contributed by atoms with Crippen LogP contribution in [-0.4, -0.2) is 66.2 Å². The molecule has 10 heteroatoms. The Morgan fingerprint density at radius 3 is 1.74 bits per heavy atom. The van der Waals surface area contributed by atoms with E-state index in [1.54, 1.807) is 7.11 Å². The monoisotopic (exact) mass is 585 g/mol. The number of nitrogens with one attached hydrogen (secondary N) is 1. The first kappa shape index (κ1) is 32.6. The van der Waals surface area contributed by atoms with E-state index in [9.17, 15) is 18.0 Å². The normalized spacial score (nSPS) is 14.3. The highest BCUT2D eigenvalue weighted by molar-refractivity contribution is 6.04. The number of hydrogen-bond donors (Lipinski definition) is 2. The molecular formula is C32H38F3N3O4. The standard InChI is InChI=1S/C30H37N3O2.C2HF3O2/c1-3-5-24-8-14-28(15-9-24)31-30(34)27-12-6-25(7-13-27)22-32-18-4-19-33(21-20-32)23-26-10-16-29(35-2)17-11-26;3-2(4,5)1(6)7/h6-17H,3-5,18-23H2,1-2H3,(H,31,34);(H,6,7). The quantitative estimate of drug-likeness (QED) is 0.309. The minimum atomic E-state index is -5.08. The van der Waals surface area contributed by atoms with Gasteiger partial charge in [0.2, 0.25) is 0 Å². The lowest BCUT2D eigenvalue weighted by molar-refractivity contribution is -0.192. The van der Waals surface area contributed by atoms with Crippen molar-refractivity contribution in [3.8, 4) is 5.75 Å². The van der Waals surface area contributed by atoms with Crippen LogP contribution < -0.4 is 10.1 Å². The fourth-order valence-electron chi connectivity index (χ4n) is 4.60. The molecule has 0 unspecified atom stereocenters. The van der Waals surface area contributed by atoms with Crippen molar-refractivity contribution >= 4 is 17.6 Å². The molecule has 226 valence electrons. The lowest BCUT2D eigenvalue weighted by Crippen LogP contribution is -2.30. The van der Waals surface area contributed by atoms with Gasteiger partial charge in [-0.1, -0.05) is 49.7 Å². The van der Waals surface area contributed by atoms with Gasteiger partial charge in [0, 0.05) is 37.4 Å². The van der Waals surface area contributed by atoms with Gasteiger partial charge in [-0.2, -0.15) is 13.2 Å². The number of alkyl halides is 3. The van der Waals surface area contributed by atoms with E-state index in [4.69, 9.17) is 14.6 Å². The van der Waals surface area contributed by atoms with Gasteiger partial charge in [-0.3, -0.25) is 14.6 Å². The predicted octanol–water partition coefficient (Wildman–Crippen LogP) is 6.24. The van der Waals surface area contributed by atoms with Crippen molar-refractivity contribution < 1.29 is 32.6 Å². The van der Waals surface area contributed by atoms with Crippen LogP contribution in [0, 0.1) is 0 Å².